The molecule has 2 amide bonds. The van der Waals surface area contributed by atoms with Crippen molar-refractivity contribution in [3.8, 4) is 5.69 Å². The van der Waals surface area contributed by atoms with Crippen molar-refractivity contribution in [3.63, 3.8) is 0 Å². The van der Waals surface area contributed by atoms with Crippen LogP contribution in [0.25, 0.3) is 5.69 Å². The van der Waals surface area contributed by atoms with Crippen LogP contribution in [0.3, 0.4) is 0 Å². The van der Waals surface area contributed by atoms with Crippen molar-refractivity contribution in [2.45, 2.75) is 26.3 Å². The Morgan fingerprint density at radius 2 is 2.09 bits per heavy atom. The Morgan fingerprint density at radius 3 is 2.88 bits per heavy atom. The fourth-order valence-electron chi connectivity index (χ4n) is 3.79. The molecule has 0 atom stereocenters. The van der Waals surface area contributed by atoms with Gasteiger partial charge in [-0.1, -0.05) is 6.07 Å². The maximum atomic E-state index is 12.8. The molecule has 32 heavy (non-hydrogen) atoms. The van der Waals surface area contributed by atoms with Crippen LogP contribution in [0.5, 0.6) is 0 Å². The zero-order valence-corrected chi connectivity index (χ0v) is 17.5. The van der Waals surface area contributed by atoms with E-state index in [0.717, 1.165) is 30.0 Å². The van der Waals surface area contributed by atoms with Gasteiger partial charge in [-0.05, 0) is 31.9 Å². The van der Waals surface area contributed by atoms with E-state index in [9.17, 15) is 9.59 Å². The molecule has 164 valence electrons. The van der Waals surface area contributed by atoms with Crippen LogP contribution in [-0.4, -0.2) is 50.8 Å². The van der Waals surface area contributed by atoms with Gasteiger partial charge in [0.25, 0.3) is 5.91 Å². The molecule has 0 saturated heterocycles. The van der Waals surface area contributed by atoms with Crippen LogP contribution in [0.15, 0.2) is 24.4 Å². The Morgan fingerprint density at radius 1 is 1.25 bits per heavy atom. The smallest absolute Gasteiger partial charge is 0.273 e. The summed E-state index contributed by atoms with van der Waals surface area (Å²) in [5.41, 5.74) is 2.26. The molecule has 2 aromatic heterocycles. The van der Waals surface area contributed by atoms with E-state index < -0.39 is 12.9 Å². The Hall–Kier alpha value is -4.02. The molecule has 0 bridgehead atoms. The van der Waals surface area contributed by atoms with Gasteiger partial charge in [0.05, 0.1) is 41.2 Å². The van der Waals surface area contributed by atoms with Gasteiger partial charge >= 0.3 is 0 Å². The number of aryl methyl sites for hydroxylation is 1. The van der Waals surface area contributed by atoms with Crippen molar-refractivity contribution >= 4 is 34.6 Å². The number of fused-ring (bicyclic) bond motifs is 3. The number of hydrogen-bond acceptors (Lipinski definition) is 8. The van der Waals surface area contributed by atoms with Crippen LogP contribution in [0.1, 0.15) is 39.1 Å². The zero-order chi connectivity index (χ0) is 24.9. The number of amides is 2. The molecule has 0 spiro atoms. The van der Waals surface area contributed by atoms with Crippen molar-refractivity contribution in [1.82, 2.24) is 30.3 Å². The van der Waals surface area contributed by atoms with E-state index in [1.165, 1.54) is 6.20 Å². The van der Waals surface area contributed by atoms with E-state index in [-0.39, 0.29) is 28.9 Å². The minimum absolute atomic E-state index is 0.0970. The Bertz CT molecular complexity index is 1330. The molecule has 2 aliphatic rings. The third-order valence-electron chi connectivity index (χ3n) is 5.43. The van der Waals surface area contributed by atoms with Crippen LogP contribution >= 0.6 is 0 Å². The van der Waals surface area contributed by atoms with Gasteiger partial charge in [-0.15, -0.1) is 5.10 Å². The summed E-state index contributed by atoms with van der Waals surface area (Å²) in [6.45, 7) is -0.407. The molecule has 11 nitrogen and oxygen atoms in total. The number of rotatable bonds is 5. The van der Waals surface area contributed by atoms with Gasteiger partial charge in [0.1, 0.15) is 5.82 Å². The van der Waals surface area contributed by atoms with Gasteiger partial charge in [0, 0.05) is 24.1 Å². The van der Waals surface area contributed by atoms with Crippen LogP contribution in [-0.2, 0) is 11.3 Å². The quantitative estimate of drug-likeness (QED) is 0.552. The van der Waals surface area contributed by atoms with Gasteiger partial charge in [0.15, 0.2) is 11.5 Å². The summed E-state index contributed by atoms with van der Waals surface area (Å²) >= 11 is 0. The normalized spacial score (nSPS) is 16.2. The molecule has 1 aromatic carbocycles. The van der Waals surface area contributed by atoms with Gasteiger partial charge in [0.2, 0.25) is 5.91 Å². The molecule has 1 aliphatic heterocycles. The second-order valence-corrected chi connectivity index (χ2v) is 7.84. The maximum absolute atomic E-state index is 12.8. The molecule has 3 aromatic rings. The SMILES string of the molecule is [2H]C([2H])([2H])NC(=O)c1nncc(NC(=O)C2CC2)c1Nc1cccc2c1N(C)Cc1nc(C)nn1-2. The number of carbonyl (C=O) groups is 2. The van der Waals surface area contributed by atoms with Crippen LogP contribution in [0.4, 0.5) is 22.7 Å². The highest BCUT2D eigenvalue weighted by Crippen LogP contribution is 2.40. The number of para-hydroxylation sites is 1. The number of nitrogens with zero attached hydrogens (tertiary/aromatic N) is 6. The van der Waals surface area contributed by atoms with E-state index in [2.05, 4.69) is 30.9 Å². The van der Waals surface area contributed by atoms with Crippen molar-refractivity contribution in [3.05, 3.63) is 41.7 Å². The molecule has 1 fully saturated rings. The van der Waals surface area contributed by atoms with Crippen molar-refractivity contribution in [1.29, 1.82) is 0 Å². The van der Waals surface area contributed by atoms with Crippen molar-refractivity contribution < 1.29 is 13.7 Å². The third-order valence-corrected chi connectivity index (χ3v) is 5.43. The monoisotopic (exact) mass is 436 g/mol. The van der Waals surface area contributed by atoms with Gasteiger partial charge in [-0.3, -0.25) is 9.59 Å². The number of hydrogen-bond donors (Lipinski definition) is 3. The first-order valence-electron chi connectivity index (χ1n) is 11.6. The molecule has 0 radical (unpaired) electrons. The molecular formula is C21H23N9O2. The van der Waals surface area contributed by atoms with E-state index in [1.807, 2.05) is 42.4 Å². The minimum Gasteiger partial charge on any atom is -0.364 e. The van der Waals surface area contributed by atoms with Crippen LogP contribution in [0, 0.1) is 12.8 Å². The summed E-state index contributed by atoms with van der Waals surface area (Å²) in [6, 6.07) is 5.53. The predicted molar refractivity (Wildman–Crippen MR) is 118 cm³/mol. The molecule has 0 unspecified atom stereocenters. The molecule has 1 saturated carbocycles. The summed E-state index contributed by atoms with van der Waals surface area (Å²) in [6.07, 6.45) is 2.90. The number of nitrogens with one attached hydrogen (secondary N) is 3. The van der Waals surface area contributed by atoms with Gasteiger partial charge < -0.3 is 20.9 Å². The molecule has 1 aliphatic carbocycles. The lowest BCUT2D eigenvalue weighted by Crippen LogP contribution is -2.27. The van der Waals surface area contributed by atoms with E-state index in [4.69, 9.17) is 4.11 Å². The highest BCUT2D eigenvalue weighted by atomic mass is 16.2. The van der Waals surface area contributed by atoms with Crippen LogP contribution < -0.4 is 20.9 Å². The third kappa shape index (κ3) is 3.41. The number of aromatic nitrogens is 5. The first kappa shape index (κ1) is 16.6. The Balaban J connectivity index is 1.59. The van der Waals surface area contributed by atoms with Crippen LogP contribution in [0.2, 0.25) is 0 Å². The predicted octanol–water partition coefficient (Wildman–Crippen LogP) is 1.77. The highest BCUT2D eigenvalue weighted by molar-refractivity contribution is 6.05. The summed E-state index contributed by atoms with van der Waals surface area (Å²) in [5.74, 6) is 0.190. The van der Waals surface area contributed by atoms with E-state index in [0.29, 0.717) is 18.1 Å². The van der Waals surface area contributed by atoms with Crippen molar-refractivity contribution in [2.24, 2.45) is 5.92 Å². The molecule has 11 heteroatoms. The number of anilines is 4. The summed E-state index contributed by atoms with van der Waals surface area (Å²) in [4.78, 5) is 31.8. The molecule has 3 heterocycles. The van der Waals surface area contributed by atoms with Crippen molar-refractivity contribution in [2.75, 3.05) is 29.6 Å². The highest BCUT2D eigenvalue weighted by Gasteiger charge is 2.31. The lowest BCUT2D eigenvalue weighted by Gasteiger charge is -2.30. The fourth-order valence-corrected chi connectivity index (χ4v) is 3.79. The maximum Gasteiger partial charge on any atom is 0.273 e. The molecule has 3 N–H and O–H groups in total. The lowest BCUT2D eigenvalue weighted by atomic mass is 10.1. The first-order valence-corrected chi connectivity index (χ1v) is 10.1. The number of carbonyl (C=O) groups excluding carboxylic acids is 2. The Kier molecular flexibility index (Phi) is 3.95. The van der Waals surface area contributed by atoms with Gasteiger partial charge in [-0.25, -0.2) is 9.67 Å². The second kappa shape index (κ2) is 7.59. The molecule has 5 rings (SSSR count). The topological polar surface area (TPSA) is 130 Å². The summed E-state index contributed by atoms with van der Waals surface area (Å²) in [7, 11) is 1.90. The average Bonchev–Trinajstić information content (AvgIpc) is 3.56. The lowest BCUT2D eigenvalue weighted by molar-refractivity contribution is -0.117. The first-order chi connectivity index (χ1) is 16.6. The summed E-state index contributed by atoms with van der Waals surface area (Å²) in [5, 5.41) is 20.1. The standard InChI is InChI=1S/C21H23N9O2/c1-11-24-16-10-29(3)19-13(5-4-6-15(19)30(16)28-11)25-17-14(26-20(31)12-7-8-12)9-23-27-18(17)21(32)22-2/h4-6,9,12H,7-8,10H2,1-3H3,(H,22,32)(H,23,25)(H,26,27,31)/i2D3. The average molecular weight is 436 g/mol. The number of benzene rings is 1. The van der Waals surface area contributed by atoms with E-state index in [1.54, 1.807) is 4.68 Å². The zero-order valence-electron chi connectivity index (χ0n) is 20.5. The summed E-state index contributed by atoms with van der Waals surface area (Å²) < 4.78 is 24.0. The Labute approximate surface area is 188 Å². The largest absolute Gasteiger partial charge is 0.364 e. The second-order valence-electron chi connectivity index (χ2n) is 7.84. The molecular weight excluding hydrogens is 410 g/mol. The fraction of sp³-hybridized carbons (Fsp3) is 0.333. The minimum atomic E-state index is -2.73. The van der Waals surface area contributed by atoms with Gasteiger partial charge in [-0.2, -0.15) is 10.2 Å². The van der Waals surface area contributed by atoms with E-state index >= 15 is 0 Å².